The first-order valence-corrected chi connectivity index (χ1v) is 15.8. The van der Waals surface area contributed by atoms with E-state index < -0.39 is 91.7 Å². The van der Waals surface area contributed by atoms with Gasteiger partial charge < -0.3 is 59.3 Å². The van der Waals surface area contributed by atoms with Crippen molar-refractivity contribution in [3.8, 4) is 0 Å². The standard InChI is InChI=1S/C33H45NO14/c1-33(2,3)48-25(37)10-9-21(15-35)34-30(41)20-13-22-29(45-17-44-22)23(14-20)46-31(42)19-8-4-6-18(12-19)7-5-11-43-32-28(40)27(39)26(38)24(16-36)47-32/h4-8,12-13,21-24,26-29,32,35-36,38-40H,9-11,14-17H2,1-3H3,(H,34,41)/t21-,22+,23+,24+,26-,27-,28+,29+,32-/m0/s1. The van der Waals surface area contributed by atoms with Gasteiger partial charge in [-0.15, -0.1) is 0 Å². The van der Waals surface area contributed by atoms with E-state index in [-0.39, 0.29) is 43.8 Å². The molecule has 1 aromatic carbocycles. The number of carbonyl (C=O) groups excluding carboxylic acids is 3. The molecule has 15 nitrogen and oxygen atoms in total. The van der Waals surface area contributed by atoms with Crippen LogP contribution in [0, 0.1) is 0 Å². The Balaban J connectivity index is 1.32. The second-order valence-electron chi connectivity index (χ2n) is 12.8. The predicted octanol–water partition coefficient (Wildman–Crippen LogP) is -0.288. The normalized spacial score (nSPS) is 29.5. The molecule has 9 atom stereocenters. The van der Waals surface area contributed by atoms with E-state index in [0.717, 1.165) is 0 Å². The summed E-state index contributed by atoms with van der Waals surface area (Å²) in [5.41, 5.74) is 0.476. The summed E-state index contributed by atoms with van der Waals surface area (Å²) in [6, 6.07) is 5.83. The van der Waals surface area contributed by atoms with Gasteiger partial charge in [-0.25, -0.2) is 4.79 Å². The number of hydrogen-bond donors (Lipinski definition) is 6. The van der Waals surface area contributed by atoms with E-state index in [0.29, 0.717) is 5.56 Å². The Bertz CT molecular complexity index is 1320. The second kappa shape index (κ2) is 16.9. The van der Waals surface area contributed by atoms with Crippen LogP contribution in [0.4, 0.5) is 0 Å². The minimum Gasteiger partial charge on any atom is -0.460 e. The number of ether oxygens (including phenoxy) is 6. The number of aliphatic hydroxyl groups is 5. The van der Waals surface area contributed by atoms with Crippen molar-refractivity contribution in [1.29, 1.82) is 0 Å². The number of aliphatic hydroxyl groups excluding tert-OH is 5. The first kappa shape index (κ1) is 37.6. The van der Waals surface area contributed by atoms with Gasteiger partial charge in [0.2, 0.25) is 5.91 Å². The lowest BCUT2D eigenvalue weighted by molar-refractivity contribution is -0.298. The third-order valence-electron chi connectivity index (χ3n) is 7.86. The first-order chi connectivity index (χ1) is 22.8. The van der Waals surface area contributed by atoms with Crippen LogP contribution in [0.25, 0.3) is 6.08 Å². The van der Waals surface area contributed by atoms with Gasteiger partial charge in [-0.1, -0.05) is 24.3 Å². The van der Waals surface area contributed by atoms with Gasteiger partial charge in [0.1, 0.15) is 55.1 Å². The van der Waals surface area contributed by atoms with Crippen LogP contribution in [0.1, 0.15) is 56.0 Å². The van der Waals surface area contributed by atoms with Gasteiger partial charge in [0.05, 0.1) is 31.4 Å². The quantitative estimate of drug-likeness (QED) is 0.148. The molecule has 15 heteroatoms. The van der Waals surface area contributed by atoms with E-state index >= 15 is 0 Å². The van der Waals surface area contributed by atoms with Crippen LogP contribution in [0.15, 0.2) is 42.0 Å². The smallest absolute Gasteiger partial charge is 0.338 e. The number of carbonyl (C=O) groups is 3. The van der Waals surface area contributed by atoms with E-state index in [1.807, 2.05) is 0 Å². The minimum atomic E-state index is -1.55. The zero-order valence-electron chi connectivity index (χ0n) is 27.1. The molecular formula is C33H45NO14. The van der Waals surface area contributed by atoms with Crippen LogP contribution in [-0.4, -0.2) is 131 Å². The molecule has 0 unspecified atom stereocenters. The van der Waals surface area contributed by atoms with Crippen molar-refractivity contribution in [3.63, 3.8) is 0 Å². The maximum Gasteiger partial charge on any atom is 0.338 e. The van der Waals surface area contributed by atoms with Crippen molar-refractivity contribution < 1.29 is 68.3 Å². The molecule has 6 N–H and O–H groups in total. The van der Waals surface area contributed by atoms with Gasteiger partial charge >= 0.3 is 11.9 Å². The molecule has 1 amide bonds. The van der Waals surface area contributed by atoms with Crippen molar-refractivity contribution in [2.24, 2.45) is 0 Å². The van der Waals surface area contributed by atoms with Gasteiger partial charge in [-0.05, 0) is 51.0 Å². The second-order valence-corrected chi connectivity index (χ2v) is 12.8. The van der Waals surface area contributed by atoms with E-state index in [1.54, 1.807) is 63.3 Å². The summed E-state index contributed by atoms with van der Waals surface area (Å²) in [5, 5.41) is 51.8. The predicted molar refractivity (Wildman–Crippen MR) is 166 cm³/mol. The average molecular weight is 680 g/mol. The largest absolute Gasteiger partial charge is 0.460 e. The molecule has 48 heavy (non-hydrogen) atoms. The van der Waals surface area contributed by atoms with Gasteiger partial charge in [0.15, 0.2) is 6.29 Å². The Morgan fingerprint density at radius 3 is 2.56 bits per heavy atom. The maximum absolute atomic E-state index is 13.2. The van der Waals surface area contributed by atoms with Crippen molar-refractivity contribution in [2.75, 3.05) is 26.6 Å². The lowest BCUT2D eigenvalue weighted by Gasteiger charge is -2.39. The van der Waals surface area contributed by atoms with Gasteiger partial charge in [-0.3, -0.25) is 9.59 Å². The van der Waals surface area contributed by atoms with E-state index in [9.17, 15) is 39.9 Å². The van der Waals surface area contributed by atoms with E-state index in [2.05, 4.69) is 5.32 Å². The van der Waals surface area contributed by atoms with Crippen LogP contribution in [0.2, 0.25) is 0 Å². The van der Waals surface area contributed by atoms with E-state index in [4.69, 9.17) is 28.4 Å². The number of rotatable bonds is 13. The molecule has 1 aliphatic carbocycles. The summed E-state index contributed by atoms with van der Waals surface area (Å²) >= 11 is 0. The lowest BCUT2D eigenvalue weighted by atomic mass is 9.91. The highest BCUT2D eigenvalue weighted by molar-refractivity contribution is 5.94. The molecule has 4 rings (SSSR count). The molecule has 2 fully saturated rings. The Morgan fingerprint density at radius 2 is 1.85 bits per heavy atom. The fraction of sp³-hybridized carbons (Fsp3) is 0.606. The number of fused-ring (bicyclic) bond motifs is 1. The summed E-state index contributed by atoms with van der Waals surface area (Å²) in [7, 11) is 0. The Labute approximate surface area is 278 Å². The zero-order valence-corrected chi connectivity index (χ0v) is 27.1. The van der Waals surface area contributed by atoms with Crippen molar-refractivity contribution in [2.45, 2.75) is 101 Å². The number of benzene rings is 1. The Morgan fingerprint density at radius 1 is 1.08 bits per heavy atom. The summed E-state index contributed by atoms with van der Waals surface area (Å²) in [5.74, 6) is -1.60. The summed E-state index contributed by atoms with van der Waals surface area (Å²) in [6.45, 7) is 4.18. The van der Waals surface area contributed by atoms with Crippen LogP contribution >= 0.6 is 0 Å². The van der Waals surface area contributed by atoms with Crippen LogP contribution < -0.4 is 5.32 Å². The fourth-order valence-electron chi connectivity index (χ4n) is 5.41. The summed E-state index contributed by atoms with van der Waals surface area (Å²) in [4.78, 5) is 38.5. The van der Waals surface area contributed by atoms with Crippen molar-refractivity contribution in [3.05, 3.63) is 53.1 Å². The topological polar surface area (TPSA) is 220 Å². The monoisotopic (exact) mass is 679 g/mol. The number of hydrogen-bond acceptors (Lipinski definition) is 14. The van der Waals surface area contributed by atoms with Gasteiger partial charge in [0.25, 0.3) is 0 Å². The maximum atomic E-state index is 13.2. The highest BCUT2D eigenvalue weighted by Crippen LogP contribution is 2.31. The minimum absolute atomic E-state index is 0.00321. The van der Waals surface area contributed by atoms with Gasteiger partial charge in [-0.2, -0.15) is 0 Å². The molecule has 0 bridgehead atoms. The zero-order chi connectivity index (χ0) is 35.0. The molecule has 266 valence electrons. The van der Waals surface area contributed by atoms with Crippen LogP contribution in [0.5, 0.6) is 0 Å². The van der Waals surface area contributed by atoms with Crippen molar-refractivity contribution >= 4 is 23.9 Å². The highest BCUT2D eigenvalue weighted by Gasteiger charge is 2.44. The highest BCUT2D eigenvalue weighted by atomic mass is 16.7. The fourth-order valence-corrected chi connectivity index (χ4v) is 5.41. The molecular weight excluding hydrogens is 634 g/mol. The molecule has 0 aromatic heterocycles. The molecule has 3 aliphatic rings. The number of nitrogens with one attached hydrogen (secondary N) is 1. The summed E-state index contributed by atoms with van der Waals surface area (Å²) in [6.07, 6.45) is -4.00. The summed E-state index contributed by atoms with van der Waals surface area (Å²) < 4.78 is 33.1. The molecule has 0 saturated carbocycles. The van der Waals surface area contributed by atoms with E-state index in [1.165, 1.54) is 0 Å². The first-order valence-electron chi connectivity index (χ1n) is 15.8. The third-order valence-corrected chi connectivity index (χ3v) is 7.86. The Hall–Kier alpha value is -3.25. The molecule has 2 aliphatic heterocycles. The molecule has 2 heterocycles. The number of esters is 2. The van der Waals surface area contributed by atoms with Crippen LogP contribution in [0.3, 0.4) is 0 Å². The Kier molecular flexibility index (Phi) is 13.2. The van der Waals surface area contributed by atoms with Crippen LogP contribution in [-0.2, 0) is 38.0 Å². The third kappa shape index (κ3) is 10.1. The molecule has 0 radical (unpaired) electrons. The number of amides is 1. The molecule has 2 saturated heterocycles. The van der Waals surface area contributed by atoms with Crippen molar-refractivity contribution in [1.82, 2.24) is 5.32 Å². The van der Waals surface area contributed by atoms with Gasteiger partial charge in [0, 0.05) is 18.4 Å². The molecule has 1 aromatic rings. The molecule has 0 spiro atoms. The SMILES string of the molecule is CC(C)(C)OC(=O)CC[C@@H](CO)NC(=O)C1=C[C@H]2OCO[C@H]2[C@H](OC(=O)c2cccc(C=CCO[C@H]3O[C@H](CO)[C@H](O)[C@H](O)[C@H]3O)c2)C1. The average Bonchev–Trinajstić information content (AvgIpc) is 3.53. The lowest BCUT2D eigenvalue weighted by Crippen LogP contribution is -2.59.